The summed E-state index contributed by atoms with van der Waals surface area (Å²) in [7, 11) is 0. The summed E-state index contributed by atoms with van der Waals surface area (Å²) in [5, 5.41) is 10.4. The van der Waals surface area contributed by atoms with Crippen LogP contribution in [0.15, 0.2) is 0 Å². The van der Waals surface area contributed by atoms with E-state index >= 15 is 0 Å². The fourth-order valence-electron chi connectivity index (χ4n) is 3.19. The molecule has 0 amide bonds. The van der Waals surface area contributed by atoms with Crippen LogP contribution in [0.5, 0.6) is 0 Å². The normalized spacial score (nSPS) is 24.8. The molecule has 0 bridgehead atoms. The number of thiazole rings is 1. The third-order valence-corrected chi connectivity index (χ3v) is 5.53. The van der Waals surface area contributed by atoms with Gasteiger partial charge in [-0.2, -0.15) is 0 Å². The molecule has 2 aliphatic carbocycles. The standard InChI is InChI=1S/C14H19NO2S/c16-14(17)10-7-8-11-12(10)15-13(18-11)9-5-3-1-2-4-6-9/h9-10H,1-8H2,(H,16,17). The third-order valence-electron chi connectivity index (χ3n) is 4.24. The van der Waals surface area contributed by atoms with Crippen molar-refractivity contribution in [1.82, 2.24) is 4.98 Å². The SMILES string of the molecule is O=C(O)C1CCc2sc(C3CCCCCC3)nc21. The number of fused-ring (bicyclic) bond motifs is 1. The largest absolute Gasteiger partial charge is 0.481 e. The second-order valence-corrected chi connectivity index (χ2v) is 6.59. The minimum Gasteiger partial charge on any atom is -0.481 e. The van der Waals surface area contributed by atoms with Crippen molar-refractivity contribution in [2.45, 2.75) is 63.2 Å². The summed E-state index contributed by atoms with van der Waals surface area (Å²) in [4.78, 5) is 17.1. The molecule has 0 aromatic carbocycles. The molecular weight excluding hydrogens is 246 g/mol. The molecule has 1 heterocycles. The van der Waals surface area contributed by atoms with Crippen molar-refractivity contribution in [3.63, 3.8) is 0 Å². The number of rotatable bonds is 2. The maximum absolute atomic E-state index is 11.2. The number of aryl methyl sites for hydroxylation is 1. The Morgan fingerprint density at radius 3 is 2.56 bits per heavy atom. The monoisotopic (exact) mass is 265 g/mol. The minimum atomic E-state index is -0.702. The predicted octanol–water partition coefficient (Wildman–Crippen LogP) is 3.70. The minimum absolute atomic E-state index is 0.337. The molecular formula is C14H19NO2S. The van der Waals surface area contributed by atoms with Gasteiger partial charge < -0.3 is 5.11 Å². The maximum Gasteiger partial charge on any atom is 0.312 e. The molecule has 18 heavy (non-hydrogen) atoms. The summed E-state index contributed by atoms with van der Waals surface area (Å²) in [6.07, 6.45) is 9.44. The fraction of sp³-hybridized carbons (Fsp3) is 0.714. The van der Waals surface area contributed by atoms with Crippen LogP contribution in [0.1, 0.15) is 72.4 Å². The zero-order valence-corrected chi connectivity index (χ0v) is 11.3. The molecule has 1 saturated carbocycles. The number of carboxylic acids is 1. The van der Waals surface area contributed by atoms with Crippen molar-refractivity contribution in [3.05, 3.63) is 15.6 Å². The Labute approximate surface area is 111 Å². The van der Waals surface area contributed by atoms with Gasteiger partial charge in [-0.05, 0) is 25.7 Å². The molecule has 0 radical (unpaired) electrons. The first-order valence-electron chi connectivity index (χ1n) is 6.98. The van der Waals surface area contributed by atoms with Crippen LogP contribution in [0, 0.1) is 0 Å². The molecule has 1 aromatic heterocycles. The van der Waals surface area contributed by atoms with Gasteiger partial charge in [0.1, 0.15) is 5.92 Å². The summed E-state index contributed by atoms with van der Waals surface area (Å²) in [5.74, 6) is -0.445. The van der Waals surface area contributed by atoms with Gasteiger partial charge in [-0.3, -0.25) is 4.79 Å². The highest BCUT2D eigenvalue weighted by molar-refractivity contribution is 7.11. The van der Waals surface area contributed by atoms with Crippen LogP contribution in [-0.4, -0.2) is 16.1 Å². The lowest BCUT2D eigenvalue weighted by atomic mass is 10.0. The summed E-state index contributed by atoms with van der Waals surface area (Å²) in [6, 6.07) is 0. The first-order chi connectivity index (χ1) is 8.75. The summed E-state index contributed by atoms with van der Waals surface area (Å²) in [6.45, 7) is 0. The molecule has 0 spiro atoms. The van der Waals surface area contributed by atoms with Gasteiger partial charge >= 0.3 is 5.97 Å². The van der Waals surface area contributed by atoms with E-state index in [1.165, 1.54) is 48.4 Å². The van der Waals surface area contributed by atoms with Gasteiger partial charge in [-0.15, -0.1) is 11.3 Å². The van der Waals surface area contributed by atoms with E-state index in [0.717, 1.165) is 18.5 Å². The van der Waals surface area contributed by atoms with E-state index in [2.05, 4.69) is 0 Å². The lowest BCUT2D eigenvalue weighted by Gasteiger charge is -2.10. The molecule has 3 nitrogen and oxygen atoms in total. The van der Waals surface area contributed by atoms with Crippen LogP contribution < -0.4 is 0 Å². The van der Waals surface area contributed by atoms with E-state index < -0.39 is 5.97 Å². The first kappa shape index (κ1) is 12.2. The van der Waals surface area contributed by atoms with Gasteiger partial charge in [0.15, 0.2) is 0 Å². The Balaban J connectivity index is 1.82. The van der Waals surface area contributed by atoms with E-state index in [-0.39, 0.29) is 5.92 Å². The summed E-state index contributed by atoms with van der Waals surface area (Å²) in [5.41, 5.74) is 0.881. The van der Waals surface area contributed by atoms with Gasteiger partial charge in [0.25, 0.3) is 0 Å². The van der Waals surface area contributed by atoms with Crippen molar-refractivity contribution in [1.29, 1.82) is 0 Å². The van der Waals surface area contributed by atoms with E-state index in [4.69, 9.17) is 4.98 Å². The predicted molar refractivity (Wildman–Crippen MR) is 71.3 cm³/mol. The molecule has 3 rings (SSSR count). The Bertz CT molecular complexity index is 447. The summed E-state index contributed by atoms with van der Waals surface area (Å²) < 4.78 is 0. The van der Waals surface area contributed by atoms with Crippen molar-refractivity contribution in [2.75, 3.05) is 0 Å². The second-order valence-electron chi connectivity index (χ2n) is 5.48. The van der Waals surface area contributed by atoms with Gasteiger partial charge in [0.05, 0.1) is 10.7 Å². The Morgan fingerprint density at radius 2 is 1.89 bits per heavy atom. The van der Waals surface area contributed by atoms with E-state index in [9.17, 15) is 9.90 Å². The summed E-state index contributed by atoms with van der Waals surface area (Å²) >= 11 is 1.78. The van der Waals surface area contributed by atoms with Crippen LogP contribution in [0.2, 0.25) is 0 Å². The molecule has 0 aliphatic heterocycles. The van der Waals surface area contributed by atoms with Crippen molar-refractivity contribution >= 4 is 17.3 Å². The van der Waals surface area contributed by atoms with E-state index in [1.807, 2.05) is 0 Å². The van der Waals surface area contributed by atoms with Crippen molar-refractivity contribution in [2.24, 2.45) is 0 Å². The van der Waals surface area contributed by atoms with Gasteiger partial charge in [0.2, 0.25) is 0 Å². The van der Waals surface area contributed by atoms with Crippen LogP contribution in [0.3, 0.4) is 0 Å². The molecule has 2 aliphatic rings. The molecule has 1 N–H and O–H groups in total. The topological polar surface area (TPSA) is 50.2 Å². The number of nitrogens with zero attached hydrogens (tertiary/aromatic N) is 1. The van der Waals surface area contributed by atoms with Gasteiger partial charge in [0, 0.05) is 10.8 Å². The van der Waals surface area contributed by atoms with Crippen molar-refractivity contribution < 1.29 is 9.90 Å². The highest BCUT2D eigenvalue weighted by atomic mass is 32.1. The highest BCUT2D eigenvalue weighted by Crippen LogP contribution is 2.41. The quantitative estimate of drug-likeness (QED) is 0.830. The molecule has 1 fully saturated rings. The zero-order chi connectivity index (χ0) is 12.5. The van der Waals surface area contributed by atoms with E-state index in [1.54, 1.807) is 11.3 Å². The average molecular weight is 265 g/mol. The molecule has 1 atom stereocenters. The van der Waals surface area contributed by atoms with E-state index in [0.29, 0.717) is 5.92 Å². The Morgan fingerprint density at radius 1 is 1.17 bits per heavy atom. The molecule has 4 heteroatoms. The smallest absolute Gasteiger partial charge is 0.312 e. The van der Waals surface area contributed by atoms with Gasteiger partial charge in [-0.25, -0.2) is 4.98 Å². The van der Waals surface area contributed by atoms with Crippen LogP contribution in [0.25, 0.3) is 0 Å². The molecule has 98 valence electrons. The number of aliphatic carboxylic acids is 1. The number of carbonyl (C=O) groups is 1. The van der Waals surface area contributed by atoms with Gasteiger partial charge in [-0.1, -0.05) is 25.7 Å². The van der Waals surface area contributed by atoms with Crippen LogP contribution >= 0.6 is 11.3 Å². The molecule has 1 aromatic rings. The fourth-order valence-corrected chi connectivity index (χ4v) is 4.50. The second kappa shape index (κ2) is 5.00. The Kier molecular flexibility index (Phi) is 3.37. The third kappa shape index (κ3) is 2.18. The number of aromatic nitrogens is 1. The highest BCUT2D eigenvalue weighted by Gasteiger charge is 2.33. The van der Waals surface area contributed by atoms with Crippen LogP contribution in [-0.2, 0) is 11.2 Å². The van der Waals surface area contributed by atoms with Crippen LogP contribution in [0.4, 0.5) is 0 Å². The Hall–Kier alpha value is -0.900. The molecule has 1 unspecified atom stereocenters. The average Bonchev–Trinajstić information content (AvgIpc) is 2.79. The lowest BCUT2D eigenvalue weighted by Crippen LogP contribution is -2.09. The van der Waals surface area contributed by atoms with Crippen molar-refractivity contribution in [3.8, 4) is 0 Å². The number of carboxylic acid groups (broad SMARTS) is 1. The maximum atomic E-state index is 11.2. The number of hydrogen-bond acceptors (Lipinski definition) is 3. The first-order valence-corrected chi connectivity index (χ1v) is 7.79. The lowest BCUT2D eigenvalue weighted by molar-refractivity contribution is -0.138. The number of hydrogen-bond donors (Lipinski definition) is 1. The molecule has 0 saturated heterocycles. The zero-order valence-electron chi connectivity index (χ0n) is 10.5.